The van der Waals surface area contributed by atoms with Crippen LogP contribution >= 0.6 is 27.5 Å². The molecule has 0 amide bonds. The second-order valence-electron chi connectivity index (χ2n) is 2.03. The maximum absolute atomic E-state index is 5.64. The second kappa shape index (κ2) is 2.46. The molecule has 0 fully saturated rings. The number of nitrogens with zero attached hydrogens (tertiary/aromatic N) is 2. The summed E-state index contributed by atoms with van der Waals surface area (Å²) in [5.41, 5.74) is 1.50. The lowest BCUT2D eigenvalue weighted by atomic mass is 10.5. The molecular weight excluding hydrogens is 229 g/mol. The molecule has 0 spiro atoms. The van der Waals surface area contributed by atoms with Gasteiger partial charge in [-0.2, -0.15) is 0 Å². The summed E-state index contributed by atoms with van der Waals surface area (Å²) >= 11 is 8.95. The first-order valence-corrected chi connectivity index (χ1v) is 4.09. The molecule has 5 heteroatoms. The maximum Gasteiger partial charge on any atom is 0.157 e. The molecule has 0 radical (unpaired) electrons. The van der Waals surface area contributed by atoms with Crippen molar-refractivity contribution in [3.05, 3.63) is 22.0 Å². The molecule has 2 aromatic heterocycles. The Kier molecular flexibility index (Phi) is 1.58. The van der Waals surface area contributed by atoms with Crippen molar-refractivity contribution in [1.29, 1.82) is 0 Å². The number of H-pyrrole nitrogens is 1. The van der Waals surface area contributed by atoms with E-state index in [9.17, 15) is 0 Å². The van der Waals surface area contributed by atoms with Crippen LogP contribution in [0.2, 0.25) is 5.15 Å². The van der Waals surface area contributed by atoms with Crippen molar-refractivity contribution in [2.45, 2.75) is 0 Å². The predicted octanol–water partition coefficient (Wildman–Crippen LogP) is 2.37. The van der Waals surface area contributed by atoms with Crippen LogP contribution in [0, 0.1) is 0 Å². The lowest BCUT2D eigenvalue weighted by Gasteiger charge is -1.88. The minimum Gasteiger partial charge on any atom is -0.344 e. The van der Waals surface area contributed by atoms with E-state index in [2.05, 4.69) is 30.9 Å². The van der Waals surface area contributed by atoms with Crippen LogP contribution < -0.4 is 0 Å². The van der Waals surface area contributed by atoms with Gasteiger partial charge in [0, 0.05) is 6.20 Å². The molecule has 0 aromatic carbocycles. The molecule has 2 rings (SSSR count). The second-order valence-corrected chi connectivity index (χ2v) is 3.27. The van der Waals surface area contributed by atoms with Crippen molar-refractivity contribution >= 4 is 38.7 Å². The van der Waals surface area contributed by atoms with Crippen molar-refractivity contribution in [1.82, 2.24) is 15.0 Å². The summed E-state index contributed by atoms with van der Waals surface area (Å²) in [6.45, 7) is 0. The van der Waals surface area contributed by atoms with E-state index in [0.29, 0.717) is 5.15 Å². The number of hydrogen-bond donors (Lipinski definition) is 1. The van der Waals surface area contributed by atoms with Crippen LogP contribution in [0.1, 0.15) is 0 Å². The van der Waals surface area contributed by atoms with Crippen LogP contribution in [-0.4, -0.2) is 15.0 Å². The van der Waals surface area contributed by atoms with Crippen molar-refractivity contribution < 1.29 is 0 Å². The summed E-state index contributed by atoms with van der Waals surface area (Å²) in [4.78, 5) is 11.0. The van der Waals surface area contributed by atoms with E-state index in [4.69, 9.17) is 11.6 Å². The first-order valence-electron chi connectivity index (χ1n) is 2.92. The largest absolute Gasteiger partial charge is 0.344 e. The molecule has 2 heterocycles. The fourth-order valence-corrected chi connectivity index (χ4v) is 1.36. The molecule has 56 valence electrons. The van der Waals surface area contributed by atoms with Crippen molar-refractivity contribution in [2.24, 2.45) is 0 Å². The van der Waals surface area contributed by atoms with Crippen LogP contribution in [-0.2, 0) is 0 Å². The van der Waals surface area contributed by atoms with Gasteiger partial charge in [0.15, 0.2) is 5.65 Å². The summed E-state index contributed by atoms with van der Waals surface area (Å²) in [5.74, 6) is 0. The summed E-state index contributed by atoms with van der Waals surface area (Å²) < 4.78 is 0.877. The number of nitrogens with one attached hydrogen (secondary N) is 1. The summed E-state index contributed by atoms with van der Waals surface area (Å²) in [7, 11) is 0. The molecule has 0 saturated carbocycles. The van der Waals surface area contributed by atoms with Gasteiger partial charge in [-0.05, 0) is 15.9 Å². The van der Waals surface area contributed by atoms with Gasteiger partial charge < -0.3 is 4.98 Å². The monoisotopic (exact) mass is 231 g/mol. The smallest absolute Gasteiger partial charge is 0.157 e. The highest BCUT2D eigenvalue weighted by atomic mass is 79.9. The van der Waals surface area contributed by atoms with E-state index in [1.165, 1.54) is 6.20 Å². The molecule has 11 heavy (non-hydrogen) atoms. The van der Waals surface area contributed by atoms with Crippen molar-refractivity contribution in [3.63, 3.8) is 0 Å². The molecule has 0 aliphatic heterocycles. The van der Waals surface area contributed by atoms with Crippen LogP contribution in [0.5, 0.6) is 0 Å². The molecular formula is C6H3BrClN3. The first kappa shape index (κ1) is 7.06. The Morgan fingerprint density at radius 3 is 3.18 bits per heavy atom. The zero-order chi connectivity index (χ0) is 7.84. The van der Waals surface area contributed by atoms with Gasteiger partial charge in [-0.25, -0.2) is 9.97 Å². The quantitative estimate of drug-likeness (QED) is 0.758. The Labute approximate surface area is 75.9 Å². The fraction of sp³-hybridized carbons (Fsp3) is 0. The highest BCUT2D eigenvalue weighted by Crippen LogP contribution is 2.20. The normalized spacial score (nSPS) is 10.7. The molecule has 3 nitrogen and oxygen atoms in total. The van der Waals surface area contributed by atoms with Crippen LogP contribution in [0.25, 0.3) is 11.2 Å². The third kappa shape index (κ3) is 1.12. The lowest BCUT2D eigenvalue weighted by molar-refractivity contribution is 1.26. The Morgan fingerprint density at radius 1 is 1.55 bits per heavy atom. The van der Waals surface area contributed by atoms with Crippen LogP contribution in [0.4, 0.5) is 0 Å². The van der Waals surface area contributed by atoms with Crippen LogP contribution in [0.15, 0.2) is 16.9 Å². The van der Waals surface area contributed by atoms with Crippen molar-refractivity contribution in [3.8, 4) is 0 Å². The fourth-order valence-electron chi connectivity index (χ4n) is 0.840. The Morgan fingerprint density at radius 2 is 2.36 bits per heavy atom. The topological polar surface area (TPSA) is 41.6 Å². The zero-order valence-corrected chi connectivity index (χ0v) is 7.65. The van der Waals surface area contributed by atoms with E-state index in [-0.39, 0.29) is 0 Å². The molecule has 0 aliphatic carbocycles. The van der Waals surface area contributed by atoms with Gasteiger partial charge in [0.2, 0.25) is 0 Å². The van der Waals surface area contributed by atoms with E-state index in [1.807, 2.05) is 0 Å². The number of aromatic amines is 1. The number of rotatable bonds is 0. The lowest BCUT2D eigenvalue weighted by Crippen LogP contribution is -1.80. The predicted molar refractivity (Wildman–Crippen MR) is 46.6 cm³/mol. The summed E-state index contributed by atoms with van der Waals surface area (Å²) in [6.07, 6.45) is 3.29. The van der Waals surface area contributed by atoms with Gasteiger partial charge >= 0.3 is 0 Å². The SMILES string of the molecule is Clc1cnc2[nH]cc(Br)c2n1. The third-order valence-corrected chi connectivity index (χ3v) is 2.09. The average molecular weight is 232 g/mol. The number of fused-ring (bicyclic) bond motifs is 1. The standard InChI is InChI=1S/C6H3BrClN3/c7-3-1-9-6-5(3)11-4(8)2-10-6/h1-2H,(H,9,10). The molecule has 0 bridgehead atoms. The van der Waals surface area contributed by atoms with Gasteiger partial charge in [-0.1, -0.05) is 11.6 Å². The third-order valence-electron chi connectivity index (χ3n) is 1.30. The number of aromatic nitrogens is 3. The van der Waals surface area contributed by atoms with E-state index in [1.54, 1.807) is 6.20 Å². The molecule has 0 unspecified atom stereocenters. The summed E-state index contributed by atoms with van der Waals surface area (Å²) in [6, 6.07) is 0. The van der Waals surface area contributed by atoms with E-state index in [0.717, 1.165) is 15.6 Å². The van der Waals surface area contributed by atoms with Gasteiger partial charge in [0.05, 0.1) is 10.7 Å². The minimum absolute atomic E-state index is 0.401. The Balaban J connectivity index is 2.87. The highest BCUT2D eigenvalue weighted by Gasteiger charge is 2.02. The Bertz CT molecular complexity index is 398. The maximum atomic E-state index is 5.64. The zero-order valence-electron chi connectivity index (χ0n) is 5.31. The molecule has 0 saturated heterocycles. The van der Waals surface area contributed by atoms with E-state index < -0.39 is 0 Å². The molecule has 1 N–H and O–H groups in total. The van der Waals surface area contributed by atoms with E-state index >= 15 is 0 Å². The number of hydrogen-bond acceptors (Lipinski definition) is 2. The highest BCUT2D eigenvalue weighted by molar-refractivity contribution is 9.10. The van der Waals surface area contributed by atoms with Gasteiger partial charge in [-0.3, -0.25) is 0 Å². The summed E-state index contributed by atoms with van der Waals surface area (Å²) in [5, 5.41) is 0.401. The molecule has 2 aromatic rings. The van der Waals surface area contributed by atoms with Crippen LogP contribution in [0.3, 0.4) is 0 Å². The number of halogens is 2. The Hall–Kier alpha value is -0.610. The molecule has 0 aliphatic rings. The van der Waals surface area contributed by atoms with Gasteiger partial charge in [0.25, 0.3) is 0 Å². The van der Waals surface area contributed by atoms with Crippen molar-refractivity contribution in [2.75, 3.05) is 0 Å². The first-order chi connectivity index (χ1) is 5.27. The average Bonchev–Trinajstić information content (AvgIpc) is 2.33. The van der Waals surface area contributed by atoms with Gasteiger partial charge in [0.1, 0.15) is 10.7 Å². The minimum atomic E-state index is 0.401. The molecule has 0 atom stereocenters. The van der Waals surface area contributed by atoms with Gasteiger partial charge in [-0.15, -0.1) is 0 Å².